The highest BCUT2D eigenvalue weighted by Crippen LogP contribution is 2.30. The van der Waals surface area contributed by atoms with E-state index in [1.165, 1.54) is 0 Å². The van der Waals surface area contributed by atoms with Crippen LogP contribution >= 0.6 is 23.1 Å². The molecule has 2 atom stereocenters. The Labute approximate surface area is 124 Å². The number of aliphatic hydroxyl groups excluding tert-OH is 1. The molecule has 1 saturated heterocycles. The number of rotatable bonds is 3. The third kappa shape index (κ3) is 2.80. The fourth-order valence-corrected chi connectivity index (χ4v) is 3.74. The van der Waals surface area contributed by atoms with E-state index in [9.17, 15) is 9.90 Å². The molecule has 0 bridgehead atoms. The molecule has 0 spiro atoms. The van der Waals surface area contributed by atoms with E-state index >= 15 is 0 Å². The van der Waals surface area contributed by atoms with Crippen LogP contribution in [0, 0.1) is 0 Å². The Hall–Kier alpha value is -1.15. The normalized spacial score (nSPS) is 22.3. The van der Waals surface area contributed by atoms with Crippen molar-refractivity contribution in [1.82, 2.24) is 10.3 Å². The van der Waals surface area contributed by atoms with Gasteiger partial charge in [-0.3, -0.25) is 4.79 Å². The van der Waals surface area contributed by atoms with Crippen LogP contribution in [0.3, 0.4) is 0 Å². The van der Waals surface area contributed by atoms with Crippen molar-refractivity contribution in [2.45, 2.75) is 22.9 Å². The van der Waals surface area contributed by atoms with E-state index in [1.807, 2.05) is 24.5 Å². The van der Waals surface area contributed by atoms with Gasteiger partial charge < -0.3 is 15.7 Å². The van der Waals surface area contributed by atoms with Gasteiger partial charge in [0.15, 0.2) is 4.34 Å². The fraction of sp³-hybridized carbons (Fsp3) is 0.385. The topological polar surface area (TPSA) is 74.2 Å². The number of thiazole rings is 1. The largest absolute Gasteiger partial charge is 0.392 e. The molecule has 1 aromatic carbocycles. The van der Waals surface area contributed by atoms with E-state index in [2.05, 4.69) is 15.6 Å². The first kappa shape index (κ1) is 13.8. The van der Waals surface area contributed by atoms with Gasteiger partial charge in [-0.05, 0) is 30.9 Å². The summed E-state index contributed by atoms with van der Waals surface area (Å²) in [4.78, 5) is 16.5. The van der Waals surface area contributed by atoms with Crippen molar-refractivity contribution in [3.63, 3.8) is 0 Å². The molecule has 20 heavy (non-hydrogen) atoms. The molecule has 5 nitrogen and oxygen atoms in total. The monoisotopic (exact) mass is 309 g/mol. The number of nitrogens with one attached hydrogen (secondary N) is 2. The van der Waals surface area contributed by atoms with Crippen LogP contribution in [0.2, 0.25) is 0 Å². The van der Waals surface area contributed by atoms with Crippen molar-refractivity contribution in [3.8, 4) is 0 Å². The number of hydrogen-bond acceptors (Lipinski definition) is 6. The summed E-state index contributed by atoms with van der Waals surface area (Å²) in [5, 5.41) is 15.3. The Morgan fingerprint density at radius 3 is 3.15 bits per heavy atom. The molecule has 106 valence electrons. The van der Waals surface area contributed by atoms with Gasteiger partial charge in [0.2, 0.25) is 5.91 Å². The Bertz CT molecular complexity index is 644. The lowest BCUT2D eigenvalue weighted by Gasteiger charge is -2.10. The minimum absolute atomic E-state index is 0.101. The Kier molecular flexibility index (Phi) is 3.93. The maximum absolute atomic E-state index is 12.1. The number of β-amino-alcohol motifs (C(OH)–C–C–N with tert-alkyl or cyclic N) is 1. The summed E-state index contributed by atoms with van der Waals surface area (Å²) in [6, 6.07) is 5.40. The van der Waals surface area contributed by atoms with Gasteiger partial charge >= 0.3 is 0 Å². The number of benzene rings is 1. The van der Waals surface area contributed by atoms with Crippen LogP contribution in [0.1, 0.15) is 6.42 Å². The second-order valence-corrected chi connectivity index (χ2v) is 6.79. The molecule has 1 aliphatic heterocycles. The lowest BCUT2D eigenvalue weighted by Crippen LogP contribution is -2.35. The first-order chi connectivity index (χ1) is 9.65. The zero-order valence-electron chi connectivity index (χ0n) is 10.9. The van der Waals surface area contributed by atoms with Crippen LogP contribution in [0.4, 0.5) is 5.69 Å². The molecule has 1 aromatic heterocycles. The molecule has 1 aliphatic rings. The second kappa shape index (κ2) is 5.69. The predicted octanol–water partition coefficient (Wildman–Crippen LogP) is 1.68. The summed E-state index contributed by atoms with van der Waals surface area (Å²) in [5.41, 5.74) is 1.72. The zero-order chi connectivity index (χ0) is 14.1. The van der Waals surface area contributed by atoms with Crippen molar-refractivity contribution in [2.75, 3.05) is 18.1 Å². The minimum Gasteiger partial charge on any atom is -0.392 e. The first-order valence-corrected chi connectivity index (χ1v) is 8.37. The summed E-state index contributed by atoms with van der Waals surface area (Å²) < 4.78 is 2.08. The van der Waals surface area contributed by atoms with Gasteiger partial charge in [0.25, 0.3) is 0 Å². The maximum Gasteiger partial charge on any atom is 0.241 e. The van der Waals surface area contributed by atoms with Crippen LogP contribution in [-0.4, -0.2) is 40.9 Å². The SMILES string of the molecule is CSc1nc2ccc(NC(=O)C3CC(O)CN3)cc2s1. The number of carbonyl (C=O) groups is 1. The van der Waals surface area contributed by atoms with Crippen LogP contribution in [0.5, 0.6) is 0 Å². The molecular formula is C13H15N3O2S2. The van der Waals surface area contributed by atoms with E-state index in [1.54, 1.807) is 23.1 Å². The Morgan fingerprint density at radius 1 is 1.60 bits per heavy atom. The highest BCUT2D eigenvalue weighted by atomic mass is 32.2. The van der Waals surface area contributed by atoms with Gasteiger partial charge in [0.05, 0.1) is 22.4 Å². The minimum atomic E-state index is -0.432. The van der Waals surface area contributed by atoms with Crippen molar-refractivity contribution < 1.29 is 9.90 Å². The summed E-state index contributed by atoms with van der Waals surface area (Å²) >= 11 is 3.23. The van der Waals surface area contributed by atoms with Crippen molar-refractivity contribution in [1.29, 1.82) is 0 Å². The number of nitrogens with zero attached hydrogens (tertiary/aromatic N) is 1. The highest BCUT2D eigenvalue weighted by molar-refractivity contribution is 8.00. The summed E-state index contributed by atoms with van der Waals surface area (Å²) in [6.07, 6.45) is 2.03. The Morgan fingerprint density at radius 2 is 2.45 bits per heavy atom. The van der Waals surface area contributed by atoms with Crippen molar-refractivity contribution in [2.24, 2.45) is 0 Å². The van der Waals surface area contributed by atoms with Gasteiger partial charge in [0.1, 0.15) is 0 Å². The van der Waals surface area contributed by atoms with Gasteiger partial charge in [0, 0.05) is 12.2 Å². The van der Waals surface area contributed by atoms with E-state index < -0.39 is 6.10 Å². The maximum atomic E-state index is 12.1. The summed E-state index contributed by atoms with van der Waals surface area (Å²) in [6.45, 7) is 0.475. The average molecular weight is 309 g/mol. The molecule has 2 heterocycles. The summed E-state index contributed by atoms with van der Waals surface area (Å²) in [5.74, 6) is -0.101. The number of hydrogen-bond donors (Lipinski definition) is 3. The molecular weight excluding hydrogens is 294 g/mol. The van der Waals surface area contributed by atoms with Crippen LogP contribution in [0.15, 0.2) is 22.5 Å². The molecule has 1 fully saturated rings. The standard InChI is InChI=1S/C13H15N3O2S2/c1-19-13-16-9-3-2-7(4-11(9)20-13)15-12(18)10-5-8(17)6-14-10/h2-4,8,10,14,17H,5-6H2,1H3,(H,15,18). The van der Waals surface area contributed by atoms with E-state index in [-0.39, 0.29) is 11.9 Å². The molecule has 2 unspecified atom stereocenters. The average Bonchev–Trinajstić information content (AvgIpc) is 3.03. The lowest BCUT2D eigenvalue weighted by atomic mass is 10.2. The molecule has 3 rings (SSSR count). The fourth-order valence-electron chi connectivity index (χ4n) is 2.21. The lowest BCUT2D eigenvalue weighted by molar-refractivity contribution is -0.117. The third-order valence-corrected chi connectivity index (χ3v) is 5.24. The summed E-state index contributed by atoms with van der Waals surface area (Å²) in [7, 11) is 0. The van der Waals surface area contributed by atoms with Gasteiger partial charge in [-0.15, -0.1) is 11.3 Å². The number of anilines is 1. The van der Waals surface area contributed by atoms with Gasteiger partial charge in [-0.1, -0.05) is 11.8 Å². The number of amides is 1. The Balaban J connectivity index is 1.75. The van der Waals surface area contributed by atoms with Crippen molar-refractivity contribution >= 4 is 44.9 Å². The molecule has 3 N–H and O–H groups in total. The van der Waals surface area contributed by atoms with Crippen LogP contribution in [0.25, 0.3) is 10.2 Å². The predicted molar refractivity (Wildman–Crippen MR) is 82.4 cm³/mol. The molecule has 0 radical (unpaired) electrons. The number of thioether (sulfide) groups is 1. The quantitative estimate of drug-likeness (QED) is 0.752. The van der Waals surface area contributed by atoms with Gasteiger partial charge in [-0.2, -0.15) is 0 Å². The second-order valence-electron chi connectivity index (χ2n) is 4.71. The van der Waals surface area contributed by atoms with Crippen LogP contribution < -0.4 is 10.6 Å². The highest BCUT2D eigenvalue weighted by Gasteiger charge is 2.27. The number of carbonyl (C=O) groups excluding carboxylic acids is 1. The zero-order valence-corrected chi connectivity index (χ0v) is 12.6. The molecule has 0 saturated carbocycles. The first-order valence-electron chi connectivity index (χ1n) is 6.32. The van der Waals surface area contributed by atoms with Crippen LogP contribution in [-0.2, 0) is 4.79 Å². The molecule has 2 aromatic rings. The third-order valence-electron chi connectivity index (χ3n) is 3.24. The molecule has 1 amide bonds. The van der Waals surface area contributed by atoms with E-state index in [4.69, 9.17) is 0 Å². The van der Waals surface area contributed by atoms with E-state index in [0.717, 1.165) is 20.2 Å². The number of fused-ring (bicyclic) bond motifs is 1. The van der Waals surface area contributed by atoms with Gasteiger partial charge in [-0.25, -0.2) is 4.98 Å². The molecule has 7 heteroatoms. The number of aliphatic hydroxyl groups is 1. The van der Waals surface area contributed by atoms with Crippen molar-refractivity contribution in [3.05, 3.63) is 18.2 Å². The number of aromatic nitrogens is 1. The van der Waals surface area contributed by atoms with E-state index in [0.29, 0.717) is 13.0 Å². The molecule has 0 aliphatic carbocycles. The smallest absolute Gasteiger partial charge is 0.241 e.